The van der Waals surface area contributed by atoms with Crippen LogP contribution < -0.4 is 48.3 Å². The van der Waals surface area contributed by atoms with Crippen molar-refractivity contribution in [2.45, 2.75) is 40.7 Å². The number of para-hydroxylation sites is 1. The maximum atomic E-state index is 15.3. The van der Waals surface area contributed by atoms with E-state index in [9.17, 15) is 0 Å². The van der Waals surface area contributed by atoms with Crippen LogP contribution in [-0.4, -0.2) is 32.7 Å². The van der Waals surface area contributed by atoms with Gasteiger partial charge in [0.2, 0.25) is 11.7 Å². The first-order chi connectivity index (χ1) is 18.6. The molecule has 4 aromatic rings. The Kier molecular flexibility index (Phi) is 14.0. The molecule has 0 atom stereocenters. The molecular formula is C34H42Br2FN3. The molecule has 0 saturated heterocycles. The molecule has 0 spiro atoms. The highest BCUT2D eigenvalue weighted by Gasteiger charge is 2.17. The van der Waals surface area contributed by atoms with Gasteiger partial charge in [-0.3, -0.25) is 0 Å². The Morgan fingerprint density at radius 2 is 1.50 bits per heavy atom. The highest BCUT2D eigenvalue weighted by atomic mass is 79.9. The topological polar surface area (TPSA) is 11.6 Å². The first kappa shape index (κ1) is 33.7. The van der Waals surface area contributed by atoms with Crippen LogP contribution in [-0.2, 0) is 6.54 Å². The van der Waals surface area contributed by atoms with Crippen LogP contribution in [0, 0.1) is 5.82 Å². The van der Waals surface area contributed by atoms with Crippen molar-refractivity contribution in [1.82, 2.24) is 0 Å². The molecule has 3 nitrogen and oxygen atoms in total. The average Bonchev–Trinajstić information content (AvgIpc) is 2.95. The quantitative estimate of drug-likeness (QED) is 0.169. The van der Waals surface area contributed by atoms with E-state index in [4.69, 9.17) is 0 Å². The van der Waals surface area contributed by atoms with Gasteiger partial charge in [-0.2, -0.15) is 8.96 Å². The molecule has 4 rings (SSSR count). The fraction of sp³-hybridized carbons (Fsp3) is 0.324. The van der Waals surface area contributed by atoms with Gasteiger partial charge in [-0.15, -0.1) is 0 Å². The fourth-order valence-electron chi connectivity index (χ4n) is 5.27. The monoisotopic (exact) mass is 669 g/mol. The minimum atomic E-state index is -0.182. The predicted molar refractivity (Wildman–Crippen MR) is 161 cm³/mol. The van der Waals surface area contributed by atoms with Gasteiger partial charge in [-0.25, -0.2) is 0 Å². The second kappa shape index (κ2) is 16.7. The number of quaternary nitrogens is 1. The number of hydrogen-bond acceptors (Lipinski definition) is 1. The molecule has 0 unspecified atom stereocenters. The lowest BCUT2D eigenvalue weighted by Crippen LogP contribution is -3.11. The Hall–Kier alpha value is -2.54. The summed E-state index contributed by atoms with van der Waals surface area (Å²) >= 11 is 0. The zero-order valence-electron chi connectivity index (χ0n) is 24.1. The molecule has 40 heavy (non-hydrogen) atoms. The molecule has 1 aromatic heterocycles. The number of pyridine rings is 1. The van der Waals surface area contributed by atoms with Crippen LogP contribution in [0.5, 0.6) is 0 Å². The molecular weight excluding hydrogens is 629 g/mol. The number of aryl methyl sites for hydroxylation is 1. The third-order valence-electron chi connectivity index (χ3n) is 7.60. The van der Waals surface area contributed by atoms with Crippen LogP contribution in [0.1, 0.15) is 45.2 Å². The highest BCUT2D eigenvalue weighted by Crippen LogP contribution is 2.24. The van der Waals surface area contributed by atoms with Crippen molar-refractivity contribution in [3.8, 4) is 0 Å². The van der Waals surface area contributed by atoms with Gasteiger partial charge in [0.15, 0.2) is 12.4 Å². The normalized spacial score (nSPS) is 11.4. The predicted octanol–water partition coefficient (Wildman–Crippen LogP) is 0.315. The summed E-state index contributed by atoms with van der Waals surface area (Å²) in [5.41, 5.74) is 4.10. The van der Waals surface area contributed by atoms with E-state index in [0.717, 1.165) is 62.2 Å². The van der Waals surface area contributed by atoms with E-state index in [-0.39, 0.29) is 39.8 Å². The lowest BCUT2D eigenvalue weighted by Gasteiger charge is -2.21. The summed E-state index contributed by atoms with van der Waals surface area (Å²) in [7, 11) is 0. The maximum absolute atomic E-state index is 15.3. The SMILES string of the molecule is CCN(CC)c1ccc2cc(/C=C/C=C/c3c(F)c[n+](CCC[NH+](CC)CC)c4ccccc34)ccc2c1.[Br-].[Br-]. The van der Waals surface area contributed by atoms with E-state index >= 15 is 4.39 Å². The standard InChI is InChI=1S/C34H41FN3.2BrH/c1-5-36(6-2)22-13-23-38-26-33(35)31(32-16-11-12-17-34(32)38)15-10-9-14-27-18-19-29-25-30(37(7-3)8-4)21-20-28(29)24-27;;/h9-12,14-21,24-26H,5-8,13,22-23H2,1-4H3;2*1H/q+1;;/p-1. The molecule has 0 radical (unpaired) electrons. The van der Waals surface area contributed by atoms with Crippen LogP contribution in [0.15, 0.2) is 79.0 Å². The summed E-state index contributed by atoms with van der Waals surface area (Å²) in [5, 5.41) is 3.41. The number of aromatic nitrogens is 1. The third kappa shape index (κ3) is 8.25. The number of halogens is 3. The van der Waals surface area contributed by atoms with Crippen LogP contribution in [0.25, 0.3) is 33.8 Å². The van der Waals surface area contributed by atoms with E-state index in [1.165, 1.54) is 16.5 Å². The molecule has 6 heteroatoms. The minimum Gasteiger partial charge on any atom is -1.00 e. The van der Waals surface area contributed by atoms with Gasteiger partial charge in [-0.1, -0.05) is 54.6 Å². The number of anilines is 1. The number of rotatable bonds is 12. The van der Waals surface area contributed by atoms with Crippen LogP contribution >= 0.6 is 0 Å². The Balaban J connectivity index is 0.00000280. The number of benzene rings is 3. The molecule has 0 aliphatic rings. The molecule has 214 valence electrons. The van der Waals surface area contributed by atoms with Crippen molar-refractivity contribution in [1.29, 1.82) is 0 Å². The molecule has 0 saturated carbocycles. The lowest BCUT2D eigenvalue weighted by molar-refractivity contribution is -0.898. The summed E-state index contributed by atoms with van der Waals surface area (Å²) in [6, 6.07) is 21.3. The zero-order chi connectivity index (χ0) is 26.9. The van der Waals surface area contributed by atoms with Gasteiger partial charge >= 0.3 is 0 Å². The Morgan fingerprint density at radius 1 is 0.825 bits per heavy atom. The van der Waals surface area contributed by atoms with Gasteiger partial charge in [0.1, 0.15) is 0 Å². The maximum Gasteiger partial charge on any atom is 0.213 e. The van der Waals surface area contributed by atoms with E-state index in [0.29, 0.717) is 5.56 Å². The van der Waals surface area contributed by atoms with Crippen molar-refractivity contribution in [2.75, 3.05) is 37.6 Å². The number of hydrogen-bond donors (Lipinski definition) is 1. The minimum absolute atomic E-state index is 0. The second-order valence-electron chi connectivity index (χ2n) is 9.84. The van der Waals surface area contributed by atoms with Gasteiger partial charge in [0.25, 0.3) is 0 Å². The van der Waals surface area contributed by atoms with E-state index < -0.39 is 0 Å². The van der Waals surface area contributed by atoms with Gasteiger partial charge < -0.3 is 43.8 Å². The first-order valence-corrected chi connectivity index (χ1v) is 14.2. The van der Waals surface area contributed by atoms with Crippen LogP contribution in [0.3, 0.4) is 0 Å². The molecule has 0 amide bonds. The summed E-state index contributed by atoms with van der Waals surface area (Å²) < 4.78 is 17.3. The van der Waals surface area contributed by atoms with E-state index in [2.05, 4.69) is 85.7 Å². The number of nitrogens with one attached hydrogen (secondary N) is 1. The van der Waals surface area contributed by atoms with Gasteiger partial charge in [0, 0.05) is 30.4 Å². The van der Waals surface area contributed by atoms with Crippen molar-refractivity contribution < 1.29 is 47.8 Å². The summed E-state index contributed by atoms with van der Waals surface area (Å²) in [6.07, 6.45) is 10.6. The Labute approximate surface area is 260 Å². The van der Waals surface area contributed by atoms with Crippen molar-refractivity contribution in [3.05, 3.63) is 96.0 Å². The van der Waals surface area contributed by atoms with E-state index in [1.54, 1.807) is 11.1 Å². The van der Waals surface area contributed by atoms with Gasteiger partial charge in [0.05, 0.1) is 31.4 Å². The second-order valence-corrected chi connectivity index (χ2v) is 9.84. The summed E-state index contributed by atoms with van der Waals surface area (Å²) in [4.78, 5) is 3.94. The highest BCUT2D eigenvalue weighted by molar-refractivity contribution is 5.88. The molecule has 1 heterocycles. The van der Waals surface area contributed by atoms with Crippen LogP contribution in [0.2, 0.25) is 0 Å². The molecule has 0 bridgehead atoms. The Morgan fingerprint density at radius 3 is 2.23 bits per heavy atom. The molecule has 3 aromatic carbocycles. The van der Waals surface area contributed by atoms with Crippen molar-refractivity contribution >= 4 is 39.5 Å². The molecule has 0 aliphatic carbocycles. The zero-order valence-corrected chi connectivity index (χ0v) is 27.3. The number of fused-ring (bicyclic) bond motifs is 2. The Bertz CT molecular complexity index is 1430. The summed E-state index contributed by atoms with van der Waals surface area (Å²) in [6.45, 7) is 15.0. The third-order valence-corrected chi connectivity index (χ3v) is 7.60. The number of allylic oxidation sites excluding steroid dienone is 2. The number of nitrogens with zero attached hydrogens (tertiary/aromatic N) is 2. The van der Waals surface area contributed by atoms with Crippen LogP contribution in [0.4, 0.5) is 10.1 Å². The largest absolute Gasteiger partial charge is 1.00 e. The molecule has 1 N–H and O–H groups in total. The van der Waals surface area contributed by atoms with E-state index in [1.807, 2.05) is 36.4 Å². The first-order valence-electron chi connectivity index (χ1n) is 14.2. The van der Waals surface area contributed by atoms with Crippen molar-refractivity contribution in [2.24, 2.45) is 0 Å². The van der Waals surface area contributed by atoms with Gasteiger partial charge in [-0.05, 0) is 68.3 Å². The summed E-state index contributed by atoms with van der Waals surface area (Å²) in [5.74, 6) is -0.182. The average molecular weight is 672 g/mol. The lowest BCUT2D eigenvalue weighted by atomic mass is 10.0. The molecule has 0 aliphatic heterocycles. The smallest absolute Gasteiger partial charge is 0.213 e. The fourth-order valence-corrected chi connectivity index (χ4v) is 5.27. The molecule has 0 fully saturated rings. The van der Waals surface area contributed by atoms with Crippen molar-refractivity contribution in [3.63, 3.8) is 0 Å².